The summed E-state index contributed by atoms with van der Waals surface area (Å²) in [5.74, 6) is 0. The molecule has 0 aliphatic rings. The highest BCUT2D eigenvalue weighted by Gasteiger charge is 1.95. The maximum Gasteiger partial charge on any atom is 0.0687 e. The summed E-state index contributed by atoms with van der Waals surface area (Å²) in [5, 5.41) is 9.18. The van der Waals surface area contributed by atoms with Gasteiger partial charge >= 0.3 is 0 Å². The molecular weight excluding hydrogens is 195 g/mol. The largest absolute Gasteiger partial charge is 0.392 e. The Balaban J connectivity index is 2.24. The Morgan fingerprint density at radius 3 is 2.25 bits per heavy atom. The average Bonchev–Trinajstić information content (AvgIpc) is 2.38. The van der Waals surface area contributed by atoms with E-state index in [1.54, 1.807) is 0 Å². The van der Waals surface area contributed by atoms with Crippen molar-refractivity contribution >= 4 is 12.2 Å². The minimum Gasteiger partial charge on any atom is -0.392 e. The third-order valence-electron chi connectivity index (χ3n) is 2.48. The summed E-state index contributed by atoms with van der Waals surface area (Å²) >= 11 is 0. The van der Waals surface area contributed by atoms with Crippen molar-refractivity contribution in [2.45, 2.75) is 6.61 Å². The van der Waals surface area contributed by atoms with Gasteiger partial charge < -0.3 is 5.11 Å². The highest BCUT2D eigenvalue weighted by molar-refractivity contribution is 5.70. The molecule has 1 heteroatoms. The molecule has 0 radical (unpaired) electrons. The second kappa shape index (κ2) is 5.29. The fourth-order valence-corrected chi connectivity index (χ4v) is 1.59. The molecule has 0 unspecified atom stereocenters. The lowest BCUT2D eigenvalue weighted by molar-refractivity contribution is 0.281. The fraction of sp³-hybridized carbons (Fsp3) is 0.0667. The molecule has 1 nitrogen and oxygen atoms in total. The number of hydrogen-bond acceptors (Lipinski definition) is 1. The lowest BCUT2D eigenvalue weighted by atomic mass is 9.85. The molecule has 80 valence electrons. The molecule has 0 fully saturated rings. The lowest BCUT2D eigenvalue weighted by Gasteiger charge is -2.01. The van der Waals surface area contributed by atoms with Crippen molar-refractivity contribution < 1.29 is 5.11 Å². The second-order valence-electron chi connectivity index (χ2n) is 3.60. The SMILES string of the molecule is OCc1ccccc1/[11CH]=C/c1ccccc1. The molecule has 2 aromatic rings. The quantitative estimate of drug-likeness (QED) is 0.768. The topological polar surface area (TPSA) is 20.2 Å². The highest BCUT2D eigenvalue weighted by Crippen LogP contribution is 2.13. The van der Waals surface area contributed by atoms with Crippen LogP contribution < -0.4 is 0 Å². The zero-order valence-corrected chi connectivity index (χ0v) is 9.01. The van der Waals surface area contributed by atoms with E-state index in [-0.39, 0.29) is 6.61 Å². The molecule has 2 aromatic carbocycles. The maximum absolute atomic E-state index is 9.18. The Bertz CT molecular complexity index is 472. The van der Waals surface area contributed by atoms with E-state index in [2.05, 4.69) is 18.2 Å². The van der Waals surface area contributed by atoms with Gasteiger partial charge in [-0.2, -0.15) is 0 Å². The van der Waals surface area contributed by atoms with Crippen LogP contribution in [0.3, 0.4) is 0 Å². The van der Waals surface area contributed by atoms with Crippen molar-refractivity contribution in [3.63, 3.8) is 0 Å². The van der Waals surface area contributed by atoms with E-state index < -0.39 is 0 Å². The van der Waals surface area contributed by atoms with Gasteiger partial charge in [0.05, 0.1) is 6.61 Å². The van der Waals surface area contributed by atoms with E-state index in [9.17, 15) is 5.11 Å². The molecule has 0 aliphatic heterocycles. The highest BCUT2D eigenvalue weighted by atomic mass is 16.3. The van der Waals surface area contributed by atoms with Crippen molar-refractivity contribution in [3.8, 4) is 0 Å². The number of aliphatic hydroxyl groups is 1. The maximum atomic E-state index is 9.18. The molecule has 0 atom stereocenters. The van der Waals surface area contributed by atoms with Crippen LogP contribution >= 0.6 is 0 Å². The Hall–Kier alpha value is -1.86. The number of rotatable bonds is 3. The normalized spacial score (nSPS) is 10.8. The van der Waals surface area contributed by atoms with E-state index in [1.807, 2.05) is 48.5 Å². The van der Waals surface area contributed by atoms with Gasteiger partial charge in [-0.1, -0.05) is 66.7 Å². The summed E-state index contributed by atoms with van der Waals surface area (Å²) < 4.78 is 0. The molecule has 0 saturated carbocycles. The van der Waals surface area contributed by atoms with Gasteiger partial charge in [0.1, 0.15) is 0 Å². The summed E-state index contributed by atoms with van der Waals surface area (Å²) in [4.78, 5) is 0. The minimum absolute atomic E-state index is 0.0787. The first-order valence-electron chi connectivity index (χ1n) is 5.32. The fourth-order valence-electron chi connectivity index (χ4n) is 1.59. The summed E-state index contributed by atoms with van der Waals surface area (Å²) in [6.45, 7) is 0.0787. The first kappa shape index (κ1) is 10.7. The van der Waals surface area contributed by atoms with Gasteiger partial charge in [0.15, 0.2) is 0 Å². The Morgan fingerprint density at radius 1 is 0.812 bits per heavy atom. The van der Waals surface area contributed by atoms with Crippen LogP contribution in [0.15, 0.2) is 54.6 Å². The van der Waals surface area contributed by atoms with E-state index in [0.29, 0.717) is 0 Å². The summed E-state index contributed by atoms with van der Waals surface area (Å²) in [6, 6.07) is 18.0. The molecule has 0 amide bonds. The van der Waals surface area contributed by atoms with Crippen LogP contribution in [0.25, 0.3) is 12.2 Å². The van der Waals surface area contributed by atoms with Crippen LogP contribution in [-0.2, 0) is 6.61 Å². The first-order valence-corrected chi connectivity index (χ1v) is 5.32. The Morgan fingerprint density at radius 2 is 1.50 bits per heavy atom. The van der Waals surface area contributed by atoms with Crippen LogP contribution in [0, 0.1) is 0 Å². The summed E-state index contributed by atoms with van der Waals surface area (Å²) in [6.07, 6.45) is 4.08. The third-order valence-corrected chi connectivity index (χ3v) is 2.48. The number of benzene rings is 2. The molecule has 16 heavy (non-hydrogen) atoms. The second-order valence-corrected chi connectivity index (χ2v) is 3.60. The molecule has 0 heterocycles. The molecular formula is C15H14O. The molecule has 0 bridgehead atoms. The van der Waals surface area contributed by atoms with Gasteiger partial charge in [0, 0.05) is 0 Å². The van der Waals surface area contributed by atoms with E-state index >= 15 is 0 Å². The van der Waals surface area contributed by atoms with Gasteiger partial charge in [-0.15, -0.1) is 0 Å². The van der Waals surface area contributed by atoms with Crippen LogP contribution in [0.1, 0.15) is 16.7 Å². The van der Waals surface area contributed by atoms with Crippen LogP contribution in [-0.4, -0.2) is 5.11 Å². The Labute approximate surface area is 95.7 Å². The molecule has 0 saturated heterocycles. The smallest absolute Gasteiger partial charge is 0.0687 e. The standard InChI is InChI=1S/C15H14O/c16-12-15-9-5-4-8-14(15)11-10-13-6-2-1-3-7-13/h1-11,16H,12H2/b11-10+/i11-1. The monoisotopic (exact) mass is 209 g/mol. The van der Waals surface area contributed by atoms with Gasteiger partial charge in [-0.3, -0.25) is 0 Å². The summed E-state index contributed by atoms with van der Waals surface area (Å²) in [5.41, 5.74) is 3.18. The lowest BCUT2D eigenvalue weighted by Crippen LogP contribution is -1.86. The van der Waals surface area contributed by atoms with Crippen molar-refractivity contribution in [1.82, 2.24) is 0 Å². The van der Waals surface area contributed by atoms with Crippen LogP contribution in [0.2, 0.25) is 0 Å². The van der Waals surface area contributed by atoms with Crippen LogP contribution in [0.4, 0.5) is 0 Å². The Kier molecular flexibility index (Phi) is 3.52. The molecule has 0 aromatic heterocycles. The van der Waals surface area contributed by atoms with Crippen molar-refractivity contribution in [3.05, 3.63) is 71.3 Å². The van der Waals surface area contributed by atoms with Gasteiger partial charge in [-0.05, 0) is 16.7 Å². The molecule has 0 spiro atoms. The minimum atomic E-state index is 0.0787. The third kappa shape index (κ3) is 2.59. The predicted molar refractivity (Wildman–Crippen MR) is 67.7 cm³/mol. The molecule has 2 rings (SSSR count). The van der Waals surface area contributed by atoms with E-state index in [0.717, 1.165) is 16.7 Å². The zero-order valence-electron chi connectivity index (χ0n) is 9.01. The average molecular weight is 209 g/mol. The molecule has 1 N–H and O–H groups in total. The predicted octanol–water partition coefficient (Wildman–Crippen LogP) is 3.35. The van der Waals surface area contributed by atoms with Crippen molar-refractivity contribution in [2.75, 3.05) is 0 Å². The van der Waals surface area contributed by atoms with Gasteiger partial charge in [-0.25, -0.2) is 0 Å². The van der Waals surface area contributed by atoms with E-state index in [4.69, 9.17) is 0 Å². The first-order chi connectivity index (χ1) is 7.90. The van der Waals surface area contributed by atoms with Gasteiger partial charge in [0.25, 0.3) is 0 Å². The van der Waals surface area contributed by atoms with Crippen LogP contribution in [0.5, 0.6) is 0 Å². The van der Waals surface area contributed by atoms with E-state index in [1.165, 1.54) is 0 Å². The number of aliphatic hydroxyl groups excluding tert-OH is 1. The van der Waals surface area contributed by atoms with Gasteiger partial charge in [0.2, 0.25) is 0 Å². The zero-order chi connectivity index (χ0) is 11.2. The van der Waals surface area contributed by atoms with Crippen molar-refractivity contribution in [1.29, 1.82) is 0 Å². The van der Waals surface area contributed by atoms with Crippen molar-refractivity contribution in [2.24, 2.45) is 0 Å². The summed E-state index contributed by atoms with van der Waals surface area (Å²) in [7, 11) is 0. The molecule has 0 aliphatic carbocycles. The number of hydrogen-bond donors (Lipinski definition) is 1.